The molecule has 0 atom stereocenters. The van der Waals surface area contributed by atoms with E-state index in [4.69, 9.17) is 4.74 Å². The van der Waals surface area contributed by atoms with Crippen molar-refractivity contribution < 1.29 is 31.1 Å². The van der Waals surface area contributed by atoms with Crippen LogP contribution in [0.25, 0.3) is 0 Å². The summed E-state index contributed by atoms with van der Waals surface area (Å²) in [4.78, 5) is 11.6. The smallest absolute Gasteiger partial charge is 0.416 e. The molecule has 0 aromatic heterocycles. The number of halogens is 3. The van der Waals surface area contributed by atoms with E-state index in [1.807, 2.05) is 0 Å². The summed E-state index contributed by atoms with van der Waals surface area (Å²) in [5, 5.41) is 0. The summed E-state index contributed by atoms with van der Waals surface area (Å²) >= 11 is 0. The van der Waals surface area contributed by atoms with Crippen LogP contribution in [0.4, 0.5) is 13.2 Å². The zero-order valence-electron chi connectivity index (χ0n) is 12.3. The highest BCUT2D eigenvalue weighted by molar-refractivity contribution is 7.89. The number of ether oxygens (including phenoxy) is 1. The largest absolute Gasteiger partial charge is 0.457 e. The van der Waals surface area contributed by atoms with Crippen molar-refractivity contribution in [1.29, 1.82) is 0 Å². The first-order chi connectivity index (χ1) is 11.0. The molecule has 9 heteroatoms. The lowest BCUT2D eigenvalue weighted by atomic mass is 10.2. The Kier molecular flexibility index (Phi) is 4.83. The first kappa shape index (κ1) is 17.8. The van der Waals surface area contributed by atoms with Crippen LogP contribution >= 0.6 is 0 Å². The molecule has 0 aliphatic carbocycles. The monoisotopic (exact) mass is 359 g/mol. The second kappa shape index (κ2) is 6.52. The van der Waals surface area contributed by atoms with Crippen molar-refractivity contribution >= 4 is 15.9 Å². The fraction of sp³-hybridized carbons (Fsp3) is 0.133. The number of carbonyl (C=O) groups is 1. The Morgan fingerprint density at radius 1 is 1.04 bits per heavy atom. The number of nitrogens with one attached hydrogen (secondary N) is 1. The minimum Gasteiger partial charge on any atom is -0.457 e. The lowest BCUT2D eigenvalue weighted by Crippen LogP contribution is -2.29. The molecule has 1 amide bonds. The van der Waals surface area contributed by atoms with Crippen molar-refractivity contribution in [3.63, 3.8) is 0 Å². The fourth-order valence-corrected chi connectivity index (χ4v) is 2.23. The first-order valence-electron chi connectivity index (χ1n) is 6.52. The predicted molar refractivity (Wildman–Crippen MR) is 80.3 cm³/mol. The number of amides is 1. The zero-order valence-corrected chi connectivity index (χ0v) is 13.1. The summed E-state index contributed by atoms with van der Waals surface area (Å²) in [5.74, 6) is -0.633. The number of alkyl halides is 3. The first-order valence-corrected chi connectivity index (χ1v) is 8.41. The Morgan fingerprint density at radius 2 is 1.67 bits per heavy atom. The minimum atomic E-state index is -4.48. The highest BCUT2D eigenvalue weighted by atomic mass is 32.2. The van der Waals surface area contributed by atoms with Gasteiger partial charge in [-0.1, -0.05) is 6.07 Å². The van der Waals surface area contributed by atoms with Gasteiger partial charge in [-0.25, -0.2) is 13.1 Å². The Bertz CT molecular complexity index is 846. The number of hydrogen-bond acceptors (Lipinski definition) is 4. The van der Waals surface area contributed by atoms with E-state index in [0.29, 0.717) is 0 Å². The van der Waals surface area contributed by atoms with Crippen LogP contribution < -0.4 is 9.46 Å². The second-order valence-corrected chi connectivity index (χ2v) is 6.60. The summed E-state index contributed by atoms with van der Waals surface area (Å²) in [6.07, 6.45) is -3.64. The number of carbonyl (C=O) groups excluding carboxylic acids is 1. The van der Waals surface area contributed by atoms with Crippen LogP contribution in [0.5, 0.6) is 11.5 Å². The van der Waals surface area contributed by atoms with Gasteiger partial charge >= 0.3 is 6.18 Å². The van der Waals surface area contributed by atoms with Gasteiger partial charge in [0.25, 0.3) is 5.91 Å². The molecule has 0 spiro atoms. The van der Waals surface area contributed by atoms with Crippen LogP contribution in [0, 0.1) is 0 Å². The van der Waals surface area contributed by atoms with E-state index in [9.17, 15) is 26.4 Å². The van der Waals surface area contributed by atoms with Gasteiger partial charge in [0, 0.05) is 5.56 Å². The molecule has 2 rings (SSSR count). The maximum Gasteiger partial charge on any atom is 0.416 e. The van der Waals surface area contributed by atoms with Crippen molar-refractivity contribution in [2.75, 3.05) is 6.26 Å². The number of sulfonamides is 1. The number of benzene rings is 2. The minimum absolute atomic E-state index is 0.0156. The summed E-state index contributed by atoms with van der Waals surface area (Å²) in [7, 11) is -3.69. The van der Waals surface area contributed by atoms with Crippen LogP contribution in [0.15, 0.2) is 48.5 Å². The Balaban J connectivity index is 2.14. The zero-order chi connectivity index (χ0) is 18.0. The Labute approximate surface area is 136 Å². The predicted octanol–water partition coefficient (Wildman–Crippen LogP) is 3.19. The summed E-state index contributed by atoms with van der Waals surface area (Å²) in [5.41, 5.74) is -0.777. The van der Waals surface area contributed by atoms with Gasteiger partial charge in [-0.05, 0) is 42.5 Å². The van der Waals surface area contributed by atoms with Crippen LogP contribution in [-0.4, -0.2) is 20.6 Å². The van der Waals surface area contributed by atoms with Crippen LogP contribution in [0.1, 0.15) is 15.9 Å². The molecular weight excluding hydrogens is 347 g/mol. The highest BCUT2D eigenvalue weighted by Crippen LogP contribution is 2.32. The van der Waals surface area contributed by atoms with Crippen LogP contribution in [-0.2, 0) is 16.2 Å². The molecule has 0 saturated heterocycles. The standard InChI is InChI=1S/C15H12F3NO4S/c1-24(21,22)19-14(20)10-5-7-12(8-6-10)23-13-4-2-3-11(9-13)15(16,17)18/h2-9H,1H3,(H,19,20). The fourth-order valence-electron chi connectivity index (χ4n) is 1.77. The van der Waals surface area contributed by atoms with Gasteiger partial charge in [-0.2, -0.15) is 13.2 Å². The molecule has 1 N–H and O–H groups in total. The van der Waals surface area contributed by atoms with Gasteiger partial charge < -0.3 is 4.74 Å². The molecule has 0 heterocycles. The van der Waals surface area contributed by atoms with Crippen molar-refractivity contribution in [2.24, 2.45) is 0 Å². The molecule has 24 heavy (non-hydrogen) atoms. The van der Waals surface area contributed by atoms with Gasteiger partial charge in [-0.15, -0.1) is 0 Å². The molecule has 0 radical (unpaired) electrons. The summed E-state index contributed by atoms with van der Waals surface area (Å²) < 4.78 is 67.0. The molecule has 128 valence electrons. The van der Waals surface area contributed by atoms with Gasteiger partial charge in [0.1, 0.15) is 11.5 Å². The maximum absolute atomic E-state index is 12.6. The number of rotatable bonds is 4. The molecule has 5 nitrogen and oxygen atoms in total. The summed E-state index contributed by atoms with van der Waals surface area (Å²) in [6.45, 7) is 0. The van der Waals surface area contributed by atoms with Crippen LogP contribution in [0.2, 0.25) is 0 Å². The lowest BCUT2D eigenvalue weighted by Gasteiger charge is -2.10. The average Bonchev–Trinajstić information content (AvgIpc) is 2.45. The average molecular weight is 359 g/mol. The Morgan fingerprint density at radius 3 is 2.21 bits per heavy atom. The number of hydrogen-bond donors (Lipinski definition) is 1. The third-order valence-electron chi connectivity index (χ3n) is 2.79. The van der Waals surface area contributed by atoms with E-state index in [1.165, 1.54) is 36.4 Å². The molecule has 0 unspecified atom stereocenters. The quantitative estimate of drug-likeness (QED) is 0.910. The normalized spacial score (nSPS) is 11.8. The van der Waals surface area contributed by atoms with Crippen molar-refractivity contribution in [3.05, 3.63) is 59.7 Å². The molecule has 0 saturated carbocycles. The Hall–Kier alpha value is -2.55. The van der Waals surface area contributed by atoms with E-state index in [1.54, 1.807) is 4.72 Å². The van der Waals surface area contributed by atoms with Gasteiger partial charge in [0.15, 0.2) is 0 Å². The van der Waals surface area contributed by atoms with Crippen molar-refractivity contribution in [2.45, 2.75) is 6.18 Å². The van der Waals surface area contributed by atoms with Crippen LogP contribution in [0.3, 0.4) is 0 Å². The third-order valence-corrected chi connectivity index (χ3v) is 3.35. The third kappa shape index (κ3) is 4.98. The second-order valence-electron chi connectivity index (χ2n) is 4.86. The van der Waals surface area contributed by atoms with E-state index in [-0.39, 0.29) is 17.1 Å². The lowest BCUT2D eigenvalue weighted by molar-refractivity contribution is -0.137. The highest BCUT2D eigenvalue weighted by Gasteiger charge is 2.30. The molecule has 0 fully saturated rings. The van der Waals surface area contributed by atoms with Crippen molar-refractivity contribution in [3.8, 4) is 11.5 Å². The summed E-state index contributed by atoms with van der Waals surface area (Å²) in [6, 6.07) is 9.63. The van der Waals surface area contributed by atoms with Gasteiger partial charge in [0.2, 0.25) is 10.0 Å². The van der Waals surface area contributed by atoms with E-state index in [0.717, 1.165) is 18.4 Å². The molecular formula is C15H12F3NO4S. The van der Waals surface area contributed by atoms with Gasteiger partial charge in [0.05, 0.1) is 11.8 Å². The van der Waals surface area contributed by atoms with Gasteiger partial charge in [-0.3, -0.25) is 4.79 Å². The van der Waals surface area contributed by atoms with Crippen molar-refractivity contribution in [1.82, 2.24) is 4.72 Å². The molecule has 2 aromatic rings. The topological polar surface area (TPSA) is 72.5 Å². The molecule has 0 bridgehead atoms. The van der Waals surface area contributed by atoms with E-state index in [2.05, 4.69) is 0 Å². The van der Waals surface area contributed by atoms with E-state index < -0.39 is 27.7 Å². The van der Waals surface area contributed by atoms with E-state index >= 15 is 0 Å². The molecule has 0 aliphatic heterocycles. The molecule has 2 aromatic carbocycles. The molecule has 0 aliphatic rings. The SMILES string of the molecule is CS(=O)(=O)NC(=O)c1ccc(Oc2cccc(C(F)(F)F)c2)cc1. The maximum atomic E-state index is 12.6.